The van der Waals surface area contributed by atoms with E-state index in [0.29, 0.717) is 73.8 Å². The number of thiazole rings is 1. The van der Waals surface area contributed by atoms with Gasteiger partial charge in [0, 0.05) is 61.7 Å². The summed E-state index contributed by atoms with van der Waals surface area (Å²) in [6.45, 7) is 11.1. The summed E-state index contributed by atoms with van der Waals surface area (Å²) in [6, 6.07) is 12.9. The zero-order chi connectivity index (χ0) is 61.9. The highest BCUT2D eigenvalue weighted by Crippen LogP contribution is 2.48. The maximum absolute atomic E-state index is 14.3. The predicted octanol–water partition coefficient (Wildman–Crippen LogP) is 5.88. The minimum absolute atomic E-state index is 0.113. The molecule has 5 aliphatic rings. The number of carbonyl (C=O) groups excluding carboxylic acids is 3. The summed E-state index contributed by atoms with van der Waals surface area (Å²) in [5, 5.41) is 8.66. The van der Waals surface area contributed by atoms with Gasteiger partial charge in [0.05, 0.1) is 53.0 Å². The van der Waals surface area contributed by atoms with Crippen molar-refractivity contribution in [3.05, 3.63) is 109 Å². The molecule has 2 aliphatic heterocycles. The van der Waals surface area contributed by atoms with Crippen LogP contribution in [0.3, 0.4) is 0 Å². The summed E-state index contributed by atoms with van der Waals surface area (Å²) < 4.78 is 94.1. The molecule has 0 saturated heterocycles. The molecule has 0 radical (unpaired) electrons. The van der Waals surface area contributed by atoms with Crippen molar-refractivity contribution in [2.75, 3.05) is 49.4 Å². The molecule has 3 fully saturated rings. The first-order valence-corrected chi connectivity index (χ1v) is 34.8. The number of anilines is 2. The number of amides is 2. The molecular formula is C60H73N9O13S4. The fraction of sp³-hybridized carbons (Fsp3) is 0.483. The Morgan fingerprint density at radius 1 is 0.965 bits per heavy atom. The zero-order valence-corrected chi connectivity index (χ0v) is 52.8. The topological polar surface area (TPSA) is 284 Å². The Kier molecular flexibility index (Phi) is 17.2. The molecule has 0 unspecified atom stereocenters. The summed E-state index contributed by atoms with van der Waals surface area (Å²) in [7, 11) is -6.70. The number of nitrogens with zero attached hydrogens (tertiary/aromatic N) is 6. The number of hydrogen-bond acceptors (Lipinski definition) is 17. The lowest BCUT2D eigenvalue weighted by atomic mass is 9.92. The number of nitrogens with one attached hydrogen (secondary N) is 3. The number of aromatic nitrogens is 4. The molecule has 2 aromatic carbocycles. The predicted molar refractivity (Wildman–Crippen MR) is 330 cm³/mol. The second-order valence-electron chi connectivity index (χ2n) is 23.9. The molecule has 3 saturated carbocycles. The maximum Gasteiger partial charge on any atom is 0.280 e. The average molecular weight is 1260 g/mol. The van der Waals surface area contributed by atoms with Gasteiger partial charge < -0.3 is 25.0 Å². The summed E-state index contributed by atoms with van der Waals surface area (Å²) >= 11 is 1.52. The van der Waals surface area contributed by atoms with Gasteiger partial charge in [0.2, 0.25) is 27.3 Å². The van der Waals surface area contributed by atoms with Crippen LogP contribution in [0.25, 0.3) is 32.9 Å². The minimum atomic E-state index is -4.22. The van der Waals surface area contributed by atoms with Crippen LogP contribution in [0.1, 0.15) is 103 Å². The number of sulfone groups is 1. The van der Waals surface area contributed by atoms with Crippen LogP contribution in [0.15, 0.2) is 86.7 Å². The van der Waals surface area contributed by atoms with Crippen LogP contribution in [0, 0.1) is 30.6 Å². The number of hydrogen-bond donors (Lipinski definition) is 3. The molecule has 4 aromatic heterocycles. The molecule has 0 spiro atoms. The SMILES string of the molecule is CC(C)CCn1c(=O)c(=C2Nc3ccc(N(C)S(C)(=O)=O)cc3S(=O)(=O)N2)c(=O)c2cccn21.COc1ccc2c(O[C@@H]3C[C@H]4C(=O)N[C@]5(C(=O)CS(=O)(=O)C6CC6)C[C@H]5/C=C\CCCCN(C)C(=O)[C@@H]4C3)cc(-c3nc(C(C)C)cs3)nc2c1C. The highest BCUT2D eigenvalue weighted by Gasteiger charge is 2.61. The Morgan fingerprint density at radius 3 is 2.40 bits per heavy atom. The van der Waals surface area contributed by atoms with Crippen molar-refractivity contribution in [1.82, 2.24) is 34.1 Å². The molecule has 26 heteroatoms. The van der Waals surface area contributed by atoms with Crippen LogP contribution in [0.4, 0.5) is 11.4 Å². The number of benzene rings is 2. The first kappa shape index (κ1) is 61.9. The summed E-state index contributed by atoms with van der Waals surface area (Å²) in [5.41, 5.74) is 1.18. The van der Waals surface area contributed by atoms with E-state index in [9.17, 15) is 49.2 Å². The molecule has 3 N–H and O–H groups in total. The van der Waals surface area contributed by atoms with E-state index in [-0.39, 0.29) is 57.0 Å². The third-order valence-corrected chi connectivity index (χ3v) is 22.6. The number of fused-ring (bicyclic) bond motifs is 5. The van der Waals surface area contributed by atoms with Crippen molar-refractivity contribution in [3.63, 3.8) is 0 Å². The molecule has 460 valence electrons. The zero-order valence-electron chi connectivity index (χ0n) is 49.6. The van der Waals surface area contributed by atoms with Gasteiger partial charge in [-0.2, -0.15) is 0 Å². The number of rotatable bonds is 14. The monoisotopic (exact) mass is 1260 g/mol. The van der Waals surface area contributed by atoms with E-state index in [1.807, 2.05) is 56.5 Å². The summed E-state index contributed by atoms with van der Waals surface area (Å²) in [5.74, 6) is -1.71. The lowest BCUT2D eigenvalue weighted by Gasteiger charge is -2.26. The molecule has 0 bridgehead atoms. The number of aryl methyl sites for hydroxylation is 2. The van der Waals surface area contributed by atoms with Crippen LogP contribution in [-0.2, 0) is 50.8 Å². The molecule has 86 heavy (non-hydrogen) atoms. The lowest BCUT2D eigenvalue weighted by molar-refractivity contribution is -0.140. The number of allylic oxidation sites excluding steroid dienone is 1. The second kappa shape index (κ2) is 23.8. The van der Waals surface area contributed by atoms with E-state index in [4.69, 9.17) is 19.4 Å². The Bertz CT molecular complexity index is 4270. The van der Waals surface area contributed by atoms with E-state index >= 15 is 0 Å². The van der Waals surface area contributed by atoms with Crippen molar-refractivity contribution < 1.29 is 49.1 Å². The number of ketones is 1. The number of pyridine rings is 1. The standard InChI is InChI=1S/C39H48N4O7S2.C21H25N5O6S2/c1-22(2)31-20-51-37(41-31)30-18-33(27-13-14-32(49-5)23(3)35(27)40-30)50-25-16-28-29(17-25)38(46)43(4)15-9-7-6-8-10-24-19-39(24,42-36(28)45)34(44)21-52(47,48)26-11-12-26;1-13(2)9-11-26-21(28)18(19(27)16-6-5-10-25(16)26)20-22-15-8-7-14(24(3)33(4,29)30)12-17(15)34(31,32)23-20/h8,10,13-14,18,20,22,24-26,28-29H,6-7,9,11-12,15-17,19,21H2,1-5H3,(H,42,45);5-8,10,12-13,22-23H,9,11H2,1-4H3/b10-8-;/t24-,25-,28-,29-,39-;/m1./s1. The van der Waals surface area contributed by atoms with Gasteiger partial charge in [0.1, 0.15) is 61.0 Å². The van der Waals surface area contributed by atoms with E-state index in [1.165, 1.54) is 45.8 Å². The highest BCUT2D eigenvalue weighted by atomic mass is 32.2. The van der Waals surface area contributed by atoms with Crippen LogP contribution in [0.5, 0.6) is 11.5 Å². The number of sulfonamides is 2. The molecule has 2 amide bonds. The third-order valence-electron chi connectivity index (χ3n) is 16.9. The molecule has 5 atom stereocenters. The van der Waals surface area contributed by atoms with Crippen molar-refractivity contribution in [2.45, 2.75) is 127 Å². The summed E-state index contributed by atoms with van der Waals surface area (Å²) in [4.78, 5) is 80.0. The fourth-order valence-corrected chi connectivity index (χ4v) is 15.9. The molecule has 22 nitrogen and oxygen atoms in total. The van der Waals surface area contributed by atoms with Crippen molar-refractivity contribution >= 4 is 92.4 Å². The first-order valence-electron chi connectivity index (χ1n) is 28.9. The smallest absolute Gasteiger partial charge is 0.280 e. The van der Waals surface area contributed by atoms with Gasteiger partial charge in [-0.15, -0.1) is 11.3 Å². The number of ether oxygens (including phenoxy) is 2. The van der Waals surface area contributed by atoms with Gasteiger partial charge >= 0.3 is 0 Å². The van der Waals surface area contributed by atoms with Crippen molar-refractivity contribution in [3.8, 4) is 22.2 Å². The van der Waals surface area contributed by atoms with Crippen LogP contribution in [-0.4, -0.2) is 124 Å². The van der Waals surface area contributed by atoms with Crippen molar-refractivity contribution in [1.29, 1.82) is 0 Å². The van der Waals surface area contributed by atoms with Gasteiger partial charge in [0.15, 0.2) is 15.6 Å². The fourth-order valence-electron chi connectivity index (χ4n) is 11.5. The van der Waals surface area contributed by atoms with E-state index < -0.39 is 87.0 Å². The van der Waals surface area contributed by atoms with Gasteiger partial charge in [-0.1, -0.05) is 39.8 Å². The normalized spacial score (nSPS) is 23.2. The van der Waals surface area contributed by atoms with Gasteiger partial charge in [0.25, 0.3) is 15.6 Å². The minimum Gasteiger partial charge on any atom is -0.496 e. The van der Waals surface area contributed by atoms with E-state index in [2.05, 4.69) is 29.2 Å². The van der Waals surface area contributed by atoms with Gasteiger partial charge in [-0.3, -0.25) is 37.5 Å². The highest BCUT2D eigenvalue weighted by molar-refractivity contribution is 7.93. The Hall–Kier alpha value is -7.16. The van der Waals surface area contributed by atoms with E-state index in [1.54, 1.807) is 37.4 Å². The Labute approximate surface area is 504 Å². The largest absolute Gasteiger partial charge is 0.496 e. The molecule has 3 aliphatic carbocycles. The quantitative estimate of drug-likeness (QED) is 0.107. The molecule has 6 heterocycles. The maximum atomic E-state index is 14.3. The second-order valence-corrected chi connectivity index (χ2v) is 30.7. The lowest BCUT2D eigenvalue weighted by Crippen LogP contribution is -2.52. The van der Waals surface area contributed by atoms with E-state index in [0.717, 1.165) is 51.5 Å². The Morgan fingerprint density at radius 2 is 1.71 bits per heavy atom. The number of Topliss-reactive ketones (excluding diaryl/α,β-unsaturated/α-hetero) is 1. The van der Waals surface area contributed by atoms with Crippen LogP contribution >= 0.6 is 11.3 Å². The number of carbonyl (C=O) groups is 3. The molecule has 6 aromatic rings. The number of methoxy groups -OCH3 is 1. The third kappa shape index (κ3) is 12.4. The first-order chi connectivity index (χ1) is 40.6. The van der Waals surface area contributed by atoms with Gasteiger partial charge in [-0.25, -0.2) is 39.9 Å². The summed E-state index contributed by atoms with van der Waals surface area (Å²) in [6.07, 6.45) is 11.3. The van der Waals surface area contributed by atoms with Crippen LogP contribution < -0.4 is 45.3 Å². The van der Waals surface area contributed by atoms with Crippen LogP contribution in [0.2, 0.25) is 0 Å². The average Bonchev–Trinajstić information content (AvgIpc) is 1.61. The molecular weight excluding hydrogens is 1180 g/mol. The Balaban J connectivity index is 0.000000209. The molecule has 11 rings (SSSR count). The van der Waals surface area contributed by atoms with Gasteiger partial charge in [-0.05, 0) is 119 Å². The van der Waals surface area contributed by atoms with Crippen molar-refractivity contribution in [2.24, 2.45) is 23.7 Å².